The van der Waals surface area contributed by atoms with Gasteiger partial charge in [0, 0.05) is 10.4 Å². The summed E-state index contributed by atoms with van der Waals surface area (Å²) in [5.74, 6) is 0. The Morgan fingerprint density at radius 3 is 0.706 bits per heavy atom. The minimum absolute atomic E-state index is 0. The first-order valence-corrected chi connectivity index (χ1v) is 2.55. The van der Waals surface area contributed by atoms with Crippen LogP contribution in [0, 0.1) is 15.3 Å². The summed E-state index contributed by atoms with van der Waals surface area (Å²) < 4.78 is 34.1. The zero-order valence-electron chi connectivity index (χ0n) is 8.13. The fraction of sp³-hybridized carbons (Fsp3) is 0. The van der Waals surface area contributed by atoms with E-state index in [4.69, 9.17) is 32.8 Å². The molecule has 0 aliphatic rings. The maximum atomic E-state index is 8.52. The van der Waals surface area contributed by atoms with Crippen molar-refractivity contribution in [2.24, 2.45) is 0 Å². The third-order valence-electron chi connectivity index (χ3n) is 0. The summed E-state index contributed by atoms with van der Waals surface area (Å²) in [5, 5.41) is 14.8. The van der Waals surface area contributed by atoms with Gasteiger partial charge >= 0.3 is 39.0 Å². The number of hydrogen-bond donors (Lipinski definition) is 0. The maximum absolute atomic E-state index is 8.52. The molecule has 0 fully saturated rings. The molecule has 0 aliphatic heterocycles. The monoisotopic (exact) mass is 394 g/mol. The fourth-order valence-electron chi connectivity index (χ4n) is 0. The molecule has 0 saturated heterocycles. The zero-order chi connectivity index (χ0) is 8.08. The zero-order valence-corrected chi connectivity index (χ0v) is 14.9. The van der Waals surface area contributed by atoms with Crippen LogP contribution < -0.4 is 0 Å². The van der Waals surface area contributed by atoms with Crippen molar-refractivity contribution in [1.82, 2.24) is 0 Å². The van der Waals surface area contributed by atoms with Crippen molar-refractivity contribution in [3.8, 4) is 0 Å². The second-order valence-electron chi connectivity index (χ2n) is 0.632. The molecule has 0 aromatic rings. The van der Waals surface area contributed by atoms with E-state index in [1.165, 1.54) is 0 Å². The molecule has 14 nitrogen and oxygen atoms in total. The molecule has 0 aliphatic carbocycles. The van der Waals surface area contributed by atoms with E-state index in [-0.39, 0.29) is 71.8 Å². The van der Waals surface area contributed by atoms with Gasteiger partial charge in [0.2, 0.25) is 0 Å². The first kappa shape index (κ1) is 88.1. The van der Waals surface area contributed by atoms with Crippen LogP contribution in [0.5, 0.6) is 0 Å². The van der Waals surface area contributed by atoms with E-state index in [0.29, 0.717) is 0 Å². The van der Waals surface area contributed by atoms with Crippen LogP contribution in [0.4, 0.5) is 0 Å². The molecule has 0 amide bonds. The summed E-state index contributed by atoms with van der Waals surface area (Å²) >= 11 is 0. The Hall–Kier alpha value is 0.0768. The second kappa shape index (κ2) is 44.4. The van der Waals surface area contributed by atoms with Gasteiger partial charge in [0.05, 0.1) is 5.09 Å². The van der Waals surface area contributed by atoms with Crippen molar-refractivity contribution in [3.63, 3.8) is 0 Å². The van der Waals surface area contributed by atoms with Gasteiger partial charge in [-0.1, -0.05) is 0 Å². The first-order chi connectivity index (χ1) is 3.73. The molecular formula is H12NO13SZn2+. The molecule has 0 spiro atoms. The Labute approximate surface area is 120 Å². The van der Waals surface area contributed by atoms with E-state index < -0.39 is 15.5 Å². The molecule has 12 N–H and O–H groups in total. The van der Waals surface area contributed by atoms with Crippen molar-refractivity contribution in [2.45, 2.75) is 0 Å². The Kier molecular flexibility index (Phi) is 230. The van der Waals surface area contributed by atoms with E-state index in [1.54, 1.807) is 0 Å². The Bertz CT molecular complexity index is 162. The molecule has 0 bridgehead atoms. The topological polar surface area (TPSA) is 335 Å². The average Bonchev–Trinajstić information content (AvgIpc) is 1.19. The van der Waals surface area contributed by atoms with Crippen LogP contribution in [0.2, 0.25) is 0 Å². The standard InChI is InChI=1S/NO3.H2O4S.6H2O.2Zn/c2-1(3)4;1-5(2,3)4;;;;;;;;/h;(H2,1,2,3,4);6*1H2;;/q-1;;;;;;;;2*+2/p-2. The first-order valence-electron chi connectivity index (χ1n) is 1.21. The molecule has 17 heteroatoms. The van der Waals surface area contributed by atoms with Gasteiger partial charge in [0.25, 0.3) is 0 Å². The van der Waals surface area contributed by atoms with Gasteiger partial charge in [0.1, 0.15) is 0 Å². The van der Waals surface area contributed by atoms with E-state index in [9.17, 15) is 0 Å². The van der Waals surface area contributed by atoms with Crippen LogP contribution in [0.1, 0.15) is 0 Å². The molecule has 0 rings (SSSR count). The Balaban J connectivity index is -0.00000000494. The SMILES string of the molecule is O.O.O.O.O.O.O=S(=O)([O-])[O-].O=[N+]([O-])[O-].[Zn+2].[Zn+2]. The number of nitrogens with zero attached hydrogens (tertiary/aromatic N) is 1. The molecule has 0 aromatic carbocycles. The molecular weight excluding hydrogens is 385 g/mol. The average molecular weight is 397 g/mol. The van der Waals surface area contributed by atoms with Crippen LogP contribution in [0.15, 0.2) is 0 Å². The van der Waals surface area contributed by atoms with Crippen molar-refractivity contribution in [1.29, 1.82) is 0 Å². The van der Waals surface area contributed by atoms with Crippen molar-refractivity contribution in [2.75, 3.05) is 0 Å². The van der Waals surface area contributed by atoms with Crippen molar-refractivity contribution in [3.05, 3.63) is 15.3 Å². The molecule has 0 saturated carbocycles. The Morgan fingerprint density at radius 1 is 0.706 bits per heavy atom. The normalized spacial score (nSPS) is 4.82. The van der Waals surface area contributed by atoms with Gasteiger partial charge in [-0.15, -0.1) is 0 Å². The van der Waals surface area contributed by atoms with Gasteiger partial charge in [-0.2, -0.15) is 0 Å². The predicted octanol–water partition coefficient (Wildman–Crippen LogP) is -6.53. The molecule has 0 heterocycles. The fourth-order valence-corrected chi connectivity index (χ4v) is 0. The summed E-state index contributed by atoms with van der Waals surface area (Å²) in [4.78, 5) is 8.25. The third-order valence-corrected chi connectivity index (χ3v) is 0. The molecule has 104 valence electrons. The van der Waals surface area contributed by atoms with Crippen LogP contribution in [-0.2, 0) is 49.4 Å². The number of hydrogen-bond acceptors (Lipinski definition) is 7. The summed E-state index contributed by atoms with van der Waals surface area (Å²) in [5.41, 5.74) is 0. The molecule has 17 heavy (non-hydrogen) atoms. The van der Waals surface area contributed by atoms with Gasteiger partial charge in [0.15, 0.2) is 0 Å². The predicted molar refractivity (Wildman–Crippen MR) is 42.5 cm³/mol. The van der Waals surface area contributed by atoms with Crippen molar-refractivity contribution >= 4 is 10.4 Å². The summed E-state index contributed by atoms with van der Waals surface area (Å²) in [6.45, 7) is 0. The van der Waals surface area contributed by atoms with Crippen molar-refractivity contribution < 1.29 is 94.4 Å². The van der Waals surface area contributed by atoms with Gasteiger partial charge in [-0.05, 0) is 0 Å². The van der Waals surface area contributed by atoms with Crippen LogP contribution in [-0.4, -0.2) is 55.5 Å². The molecule has 0 aromatic heterocycles. The summed E-state index contributed by atoms with van der Waals surface area (Å²) in [6.07, 6.45) is 0. The second-order valence-corrected chi connectivity index (χ2v) is 1.45. The minimum atomic E-state index is -5.17. The summed E-state index contributed by atoms with van der Waals surface area (Å²) in [6, 6.07) is 0. The summed E-state index contributed by atoms with van der Waals surface area (Å²) in [7, 11) is -5.17. The van der Waals surface area contributed by atoms with Gasteiger partial charge in [-0.3, -0.25) is 8.42 Å². The maximum Gasteiger partial charge on any atom is 2.00 e. The van der Waals surface area contributed by atoms with E-state index in [1.807, 2.05) is 0 Å². The third kappa shape index (κ3) is 541000. The smallest absolute Gasteiger partial charge is 0.759 e. The van der Waals surface area contributed by atoms with Crippen LogP contribution in [0.25, 0.3) is 0 Å². The minimum Gasteiger partial charge on any atom is -0.759 e. The molecule has 0 radical (unpaired) electrons. The van der Waals surface area contributed by atoms with Gasteiger partial charge in [-0.25, -0.2) is 0 Å². The Morgan fingerprint density at radius 2 is 0.706 bits per heavy atom. The number of rotatable bonds is 0. The molecule has 0 atom stereocenters. The van der Waals surface area contributed by atoms with Crippen LogP contribution in [0.3, 0.4) is 0 Å². The van der Waals surface area contributed by atoms with E-state index in [0.717, 1.165) is 0 Å². The largest absolute Gasteiger partial charge is 2.00 e. The molecule has 0 unspecified atom stereocenters. The quantitative estimate of drug-likeness (QED) is 0.125. The van der Waals surface area contributed by atoms with Gasteiger partial charge < -0.3 is 57.3 Å². The van der Waals surface area contributed by atoms with E-state index in [2.05, 4.69) is 0 Å². The van der Waals surface area contributed by atoms with Crippen LogP contribution >= 0.6 is 0 Å². The van der Waals surface area contributed by atoms with E-state index >= 15 is 0 Å².